The van der Waals surface area contributed by atoms with Crippen molar-refractivity contribution < 1.29 is 8.42 Å². The van der Waals surface area contributed by atoms with Gasteiger partial charge in [-0.1, -0.05) is 12.1 Å². The van der Waals surface area contributed by atoms with Gasteiger partial charge in [0.25, 0.3) is 0 Å². The third kappa shape index (κ3) is 3.97. The Bertz CT molecular complexity index is 486. The molecule has 0 saturated heterocycles. The Balaban J connectivity index is 2.64. The van der Waals surface area contributed by atoms with Gasteiger partial charge < -0.3 is 10.6 Å². The lowest BCUT2D eigenvalue weighted by atomic mass is 10.3. The van der Waals surface area contributed by atoms with Gasteiger partial charge in [0.1, 0.15) is 4.90 Å². The summed E-state index contributed by atoms with van der Waals surface area (Å²) in [4.78, 5) is 2.20. The van der Waals surface area contributed by atoms with Crippen molar-refractivity contribution in [1.29, 1.82) is 0 Å². The first kappa shape index (κ1) is 14.9. The normalized spacial score (nSPS) is 12.3. The van der Waals surface area contributed by atoms with Gasteiger partial charge in [0, 0.05) is 19.1 Å². The van der Waals surface area contributed by atoms with Gasteiger partial charge in [-0.25, -0.2) is 13.1 Å². The zero-order chi connectivity index (χ0) is 13.8. The molecule has 3 N–H and O–H groups in total. The zero-order valence-corrected chi connectivity index (χ0v) is 11.9. The van der Waals surface area contributed by atoms with Crippen LogP contribution in [-0.4, -0.2) is 39.5 Å². The number of rotatable bonds is 6. The van der Waals surface area contributed by atoms with E-state index in [0.717, 1.165) is 0 Å². The molecule has 0 radical (unpaired) electrons. The second-order valence-electron chi connectivity index (χ2n) is 4.51. The fourth-order valence-electron chi connectivity index (χ4n) is 1.42. The lowest BCUT2D eigenvalue weighted by Crippen LogP contribution is -2.36. The third-order valence-corrected chi connectivity index (χ3v) is 4.38. The van der Waals surface area contributed by atoms with Crippen LogP contribution < -0.4 is 10.5 Å². The molecule has 0 saturated carbocycles. The third-order valence-electron chi connectivity index (χ3n) is 2.85. The lowest BCUT2D eigenvalue weighted by molar-refractivity contribution is 0.278. The summed E-state index contributed by atoms with van der Waals surface area (Å²) in [6.07, 6.45) is 0. The molecule has 1 aromatic rings. The second-order valence-corrected chi connectivity index (χ2v) is 6.25. The largest absolute Gasteiger partial charge is 0.398 e. The van der Waals surface area contributed by atoms with Gasteiger partial charge in [-0.2, -0.15) is 0 Å². The predicted octanol–water partition coefficient (Wildman–Crippen LogP) is 0.887. The number of hydrogen-bond donors (Lipinski definition) is 2. The van der Waals surface area contributed by atoms with Crippen LogP contribution in [0.5, 0.6) is 0 Å². The Morgan fingerprint density at radius 3 is 2.50 bits per heavy atom. The van der Waals surface area contributed by atoms with Crippen molar-refractivity contribution in [2.24, 2.45) is 0 Å². The highest BCUT2D eigenvalue weighted by atomic mass is 32.2. The smallest absolute Gasteiger partial charge is 0.242 e. The Morgan fingerprint density at radius 1 is 1.33 bits per heavy atom. The molecule has 5 nitrogen and oxygen atoms in total. The van der Waals surface area contributed by atoms with E-state index in [9.17, 15) is 8.42 Å². The Kier molecular flexibility index (Phi) is 5.13. The summed E-state index contributed by atoms with van der Waals surface area (Å²) in [5, 5.41) is 0. The molecule has 102 valence electrons. The van der Waals surface area contributed by atoms with Crippen molar-refractivity contribution >= 4 is 15.7 Å². The average molecular weight is 271 g/mol. The number of nitrogen functional groups attached to an aromatic ring is 1. The van der Waals surface area contributed by atoms with Gasteiger partial charge in [-0.3, -0.25) is 0 Å². The maximum Gasteiger partial charge on any atom is 0.242 e. The minimum Gasteiger partial charge on any atom is -0.398 e. The monoisotopic (exact) mass is 271 g/mol. The van der Waals surface area contributed by atoms with Crippen LogP contribution in [0.15, 0.2) is 29.2 Å². The molecule has 0 aliphatic carbocycles. The van der Waals surface area contributed by atoms with Crippen LogP contribution in [-0.2, 0) is 10.0 Å². The fraction of sp³-hybridized carbons (Fsp3) is 0.500. The van der Waals surface area contributed by atoms with Crippen molar-refractivity contribution in [1.82, 2.24) is 9.62 Å². The number of benzene rings is 1. The van der Waals surface area contributed by atoms with Crippen LogP contribution in [0.2, 0.25) is 0 Å². The summed E-state index contributed by atoms with van der Waals surface area (Å²) < 4.78 is 26.5. The van der Waals surface area contributed by atoms with Crippen molar-refractivity contribution in [3.05, 3.63) is 24.3 Å². The molecule has 0 heterocycles. The first-order chi connectivity index (χ1) is 8.34. The van der Waals surface area contributed by atoms with E-state index in [0.29, 0.717) is 19.1 Å². The number of nitrogens with one attached hydrogen (secondary N) is 1. The number of para-hydroxylation sites is 1. The average Bonchev–Trinajstić information content (AvgIpc) is 2.28. The van der Waals surface area contributed by atoms with Gasteiger partial charge in [0.2, 0.25) is 10.0 Å². The molecule has 0 fully saturated rings. The Morgan fingerprint density at radius 2 is 1.94 bits per heavy atom. The molecular formula is C12H21N3O2S. The zero-order valence-electron chi connectivity index (χ0n) is 11.1. The van der Waals surface area contributed by atoms with Gasteiger partial charge in [0.05, 0.1) is 5.69 Å². The second kappa shape index (κ2) is 6.17. The quantitative estimate of drug-likeness (QED) is 0.753. The van der Waals surface area contributed by atoms with Gasteiger partial charge >= 0.3 is 0 Å². The number of likely N-dealkylation sites (N-methyl/N-ethyl adjacent to an activating group) is 1. The lowest BCUT2D eigenvalue weighted by Gasteiger charge is -2.21. The number of nitrogens with zero attached hydrogens (tertiary/aromatic N) is 1. The van der Waals surface area contributed by atoms with Crippen LogP contribution in [0.25, 0.3) is 0 Å². The minimum absolute atomic E-state index is 0.136. The molecule has 0 aliphatic rings. The number of anilines is 1. The summed E-state index contributed by atoms with van der Waals surface area (Å²) in [6.45, 7) is 5.14. The molecule has 1 aromatic carbocycles. The van der Waals surface area contributed by atoms with Gasteiger partial charge in [-0.05, 0) is 33.0 Å². The minimum atomic E-state index is -3.51. The van der Waals surface area contributed by atoms with E-state index in [-0.39, 0.29) is 10.6 Å². The van der Waals surface area contributed by atoms with Crippen LogP contribution in [0.3, 0.4) is 0 Å². The maximum atomic E-state index is 12.0. The standard InChI is InChI=1S/C12H21N3O2S/c1-10(2)15(3)9-8-14-18(16,17)12-7-5-4-6-11(12)13/h4-7,10,14H,8-9,13H2,1-3H3. The predicted molar refractivity (Wildman–Crippen MR) is 73.8 cm³/mol. The number of sulfonamides is 1. The van der Waals surface area contributed by atoms with Crippen molar-refractivity contribution in [3.8, 4) is 0 Å². The summed E-state index contributed by atoms with van der Waals surface area (Å²) in [7, 11) is -1.56. The molecule has 0 aliphatic heterocycles. The van der Waals surface area contributed by atoms with Crippen molar-refractivity contribution in [2.75, 3.05) is 25.9 Å². The van der Waals surface area contributed by atoms with Crippen LogP contribution in [0, 0.1) is 0 Å². The molecule has 0 aromatic heterocycles. The van der Waals surface area contributed by atoms with Crippen molar-refractivity contribution in [2.45, 2.75) is 24.8 Å². The molecule has 0 bridgehead atoms. The molecule has 6 heteroatoms. The highest BCUT2D eigenvalue weighted by molar-refractivity contribution is 7.89. The van der Waals surface area contributed by atoms with E-state index in [1.54, 1.807) is 18.2 Å². The van der Waals surface area contributed by atoms with E-state index >= 15 is 0 Å². The highest BCUT2D eigenvalue weighted by Gasteiger charge is 2.16. The van der Waals surface area contributed by atoms with E-state index in [4.69, 9.17) is 5.73 Å². The van der Waals surface area contributed by atoms with Crippen LogP contribution in [0.1, 0.15) is 13.8 Å². The topological polar surface area (TPSA) is 75.4 Å². The van der Waals surface area contributed by atoms with Gasteiger partial charge in [-0.15, -0.1) is 0 Å². The van der Waals surface area contributed by atoms with Crippen LogP contribution in [0.4, 0.5) is 5.69 Å². The molecule has 18 heavy (non-hydrogen) atoms. The van der Waals surface area contributed by atoms with E-state index < -0.39 is 10.0 Å². The van der Waals surface area contributed by atoms with E-state index in [1.165, 1.54) is 6.07 Å². The summed E-state index contributed by atoms with van der Waals surface area (Å²) in [6, 6.07) is 6.83. The Labute approximate surface area is 109 Å². The molecular weight excluding hydrogens is 250 g/mol. The number of hydrogen-bond acceptors (Lipinski definition) is 4. The van der Waals surface area contributed by atoms with Crippen LogP contribution >= 0.6 is 0 Å². The first-order valence-corrected chi connectivity index (χ1v) is 7.37. The fourth-order valence-corrected chi connectivity index (χ4v) is 2.57. The van der Waals surface area contributed by atoms with E-state index in [2.05, 4.69) is 23.5 Å². The summed E-state index contributed by atoms with van der Waals surface area (Å²) >= 11 is 0. The van der Waals surface area contributed by atoms with Gasteiger partial charge in [0.15, 0.2) is 0 Å². The molecule has 0 unspecified atom stereocenters. The SMILES string of the molecule is CC(C)N(C)CCNS(=O)(=O)c1ccccc1N. The maximum absolute atomic E-state index is 12.0. The first-order valence-electron chi connectivity index (χ1n) is 5.89. The molecule has 1 rings (SSSR count). The molecule has 0 atom stereocenters. The highest BCUT2D eigenvalue weighted by Crippen LogP contribution is 2.16. The summed E-state index contributed by atoms with van der Waals surface area (Å²) in [5.41, 5.74) is 5.92. The summed E-state index contributed by atoms with van der Waals surface area (Å²) in [5.74, 6) is 0. The molecule has 0 amide bonds. The molecule has 0 spiro atoms. The van der Waals surface area contributed by atoms with E-state index in [1.807, 2.05) is 7.05 Å². The number of nitrogens with two attached hydrogens (primary N) is 1. The Hall–Kier alpha value is -1.11. The van der Waals surface area contributed by atoms with Crippen molar-refractivity contribution in [3.63, 3.8) is 0 Å².